The first-order valence-electron chi connectivity index (χ1n) is 8.76. The lowest BCUT2D eigenvalue weighted by atomic mass is 9.78. The molecule has 26 heavy (non-hydrogen) atoms. The number of fused-ring (bicyclic) bond motifs is 1. The number of methoxy groups -OCH3 is 1. The Labute approximate surface area is 161 Å². The minimum atomic E-state index is -0.612. The number of nitrogens with two attached hydrogens (primary N) is 1. The van der Waals surface area contributed by atoms with Crippen molar-refractivity contribution in [3.8, 4) is 0 Å². The number of esters is 1. The van der Waals surface area contributed by atoms with Gasteiger partial charge in [0.1, 0.15) is 0 Å². The van der Waals surface area contributed by atoms with Gasteiger partial charge in [-0.1, -0.05) is 41.0 Å². The Morgan fingerprint density at radius 3 is 2.92 bits per heavy atom. The predicted molar refractivity (Wildman–Crippen MR) is 101 cm³/mol. The van der Waals surface area contributed by atoms with Crippen LogP contribution in [-0.4, -0.2) is 23.2 Å². The number of rotatable bonds is 4. The molecular weight excluding hydrogens is 398 g/mol. The van der Waals surface area contributed by atoms with Crippen molar-refractivity contribution in [1.82, 2.24) is 10.1 Å². The number of ether oxygens (including phenoxy) is 1. The van der Waals surface area contributed by atoms with Crippen molar-refractivity contribution in [2.24, 2.45) is 11.7 Å². The van der Waals surface area contributed by atoms with Crippen LogP contribution >= 0.6 is 15.9 Å². The summed E-state index contributed by atoms with van der Waals surface area (Å²) in [6, 6.07) is 6.42. The zero-order valence-corrected chi connectivity index (χ0v) is 16.9. The van der Waals surface area contributed by atoms with E-state index in [0.717, 1.165) is 30.2 Å². The lowest BCUT2D eigenvalue weighted by Crippen LogP contribution is -2.24. The minimum absolute atomic E-state index is 0.0716. The zero-order chi connectivity index (χ0) is 18.9. The fourth-order valence-corrected chi connectivity index (χ4v) is 4.16. The molecule has 0 amide bonds. The third kappa shape index (κ3) is 3.99. The van der Waals surface area contributed by atoms with Crippen molar-refractivity contribution < 1.29 is 14.1 Å². The first-order chi connectivity index (χ1) is 12.3. The fraction of sp³-hybridized carbons (Fsp3) is 0.526. The summed E-state index contributed by atoms with van der Waals surface area (Å²) in [5, 5.41) is 4.00. The van der Waals surface area contributed by atoms with Gasteiger partial charge in [-0.3, -0.25) is 0 Å². The molecule has 1 aliphatic carbocycles. The van der Waals surface area contributed by atoms with Crippen LogP contribution in [0.5, 0.6) is 0 Å². The highest BCUT2D eigenvalue weighted by molar-refractivity contribution is 9.10. The molecule has 1 heterocycles. The molecule has 1 aromatic heterocycles. The molecular formula is C19H24BrN3O3. The van der Waals surface area contributed by atoms with Gasteiger partial charge in [0.05, 0.1) is 7.11 Å². The Hall–Kier alpha value is -1.73. The maximum absolute atomic E-state index is 11.6. The predicted octanol–water partition coefficient (Wildman–Crippen LogP) is 3.94. The fourth-order valence-electron chi connectivity index (χ4n) is 3.75. The zero-order valence-electron chi connectivity index (χ0n) is 15.3. The van der Waals surface area contributed by atoms with E-state index in [1.165, 1.54) is 18.2 Å². The summed E-state index contributed by atoms with van der Waals surface area (Å²) >= 11 is 3.56. The number of hydrogen-bond donors (Lipinski definition) is 1. The topological polar surface area (TPSA) is 91.2 Å². The Kier molecular flexibility index (Phi) is 5.48. The van der Waals surface area contributed by atoms with E-state index >= 15 is 0 Å². The minimum Gasteiger partial charge on any atom is -0.462 e. The Balaban J connectivity index is 1.79. The molecule has 7 heteroatoms. The Morgan fingerprint density at radius 2 is 2.19 bits per heavy atom. The van der Waals surface area contributed by atoms with Crippen molar-refractivity contribution >= 4 is 21.9 Å². The normalized spacial score (nSPS) is 20.3. The summed E-state index contributed by atoms with van der Waals surface area (Å²) in [4.78, 5) is 15.8. The van der Waals surface area contributed by atoms with E-state index in [-0.39, 0.29) is 17.3 Å². The first-order valence-corrected chi connectivity index (χ1v) is 9.56. The second-order valence-corrected chi connectivity index (χ2v) is 8.52. The number of nitrogens with zero attached hydrogens (tertiary/aromatic N) is 2. The van der Waals surface area contributed by atoms with Crippen LogP contribution in [0.1, 0.15) is 66.8 Å². The lowest BCUT2D eigenvalue weighted by Gasteiger charge is -2.26. The molecule has 1 aliphatic rings. The van der Waals surface area contributed by atoms with Gasteiger partial charge in [0.15, 0.2) is 5.82 Å². The van der Waals surface area contributed by atoms with Gasteiger partial charge in [-0.2, -0.15) is 4.98 Å². The lowest BCUT2D eigenvalue weighted by molar-refractivity contribution is 0.0545. The monoisotopic (exact) mass is 421 g/mol. The van der Waals surface area contributed by atoms with Gasteiger partial charge in [0, 0.05) is 15.9 Å². The van der Waals surface area contributed by atoms with Gasteiger partial charge in [0.2, 0.25) is 0 Å². The highest BCUT2D eigenvalue weighted by Gasteiger charge is 2.33. The molecule has 0 saturated carbocycles. The van der Waals surface area contributed by atoms with Crippen molar-refractivity contribution in [2.45, 2.75) is 51.0 Å². The smallest absolute Gasteiger partial charge is 0.397 e. The molecule has 0 bridgehead atoms. The second kappa shape index (κ2) is 7.48. The molecule has 0 aliphatic heterocycles. The largest absolute Gasteiger partial charge is 0.462 e. The number of hydrogen-bond acceptors (Lipinski definition) is 6. The van der Waals surface area contributed by atoms with Gasteiger partial charge >= 0.3 is 11.9 Å². The number of halogens is 1. The highest BCUT2D eigenvalue weighted by Crippen LogP contribution is 2.38. The Bertz CT molecular complexity index is 803. The molecule has 2 aromatic rings. The van der Waals surface area contributed by atoms with E-state index in [1.54, 1.807) is 0 Å². The van der Waals surface area contributed by atoms with E-state index < -0.39 is 5.97 Å². The summed E-state index contributed by atoms with van der Waals surface area (Å²) in [5.41, 5.74) is 8.60. The molecule has 6 nitrogen and oxygen atoms in total. The molecule has 3 rings (SSSR count). The summed E-state index contributed by atoms with van der Waals surface area (Å²) in [6.45, 7) is 4.15. The van der Waals surface area contributed by atoms with E-state index in [4.69, 9.17) is 10.3 Å². The summed E-state index contributed by atoms with van der Waals surface area (Å²) < 4.78 is 10.8. The van der Waals surface area contributed by atoms with Crippen LogP contribution in [0.25, 0.3) is 0 Å². The summed E-state index contributed by atoms with van der Waals surface area (Å²) in [6.07, 6.45) is 3.84. The molecule has 2 unspecified atom stereocenters. The summed E-state index contributed by atoms with van der Waals surface area (Å²) in [5.74, 6) is 0.263. The van der Waals surface area contributed by atoms with Gasteiger partial charge in [-0.25, -0.2) is 4.79 Å². The van der Waals surface area contributed by atoms with Crippen LogP contribution in [-0.2, 0) is 16.6 Å². The molecule has 0 fully saturated rings. The molecule has 0 radical (unpaired) electrons. The van der Waals surface area contributed by atoms with Crippen LogP contribution in [0.3, 0.4) is 0 Å². The average molecular weight is 422 g/mol. The number of carbonyl (C=O) groups is 1. The maximum atomic E-state index is 11.6. The van der Waals surface area contributed by atoms with Gasteiger partial charge in [0.25, 0.3) is 0 Å². The number of benzene rings is 1. The summed E-state index contributed by atoms with van der Waals surface area (Å²) in [7, 11) is 1.29. The molecule has 0 saturated heterocycles. The van der Waals surface area contributed by atoms with Crippen LogP contribution in [0.15, 0.2) is 27.2 Å². The standard InChI is InChI=1S/C19H24BrN3O3/c1-19(2,18-22-16(26-23-18)17(24)25-3)10-11-4-7-15(21)14-6-5-13(20)9-12(14)8-11/h5-6,9,11,15H,4,7-8,10,21H2,1-3H3. The van der Waals surface area contributed by atoms with Crippen molar-refractivity contribution in [3.05, 3.63) is 45.5 Å². The van der Waals surface area contributed by atoms with E-state index in [0.29, 0.717) is 11.7 Å². The van der Waals surface area contributed by atoms with E-state index in [2.05, 4.69) is 62.9 Å². The number of carbonyl (C=O) groups excluding carboxylic acids is 1. The molecule has 1 aromatic carbocycles. The van der Waals surface area contributed by atoms with Crippen LogP contribution in [0.2, 0.25) is 0 Å². The number of aromatic nitrogens is 2. The molecule has 140 valence electrons. The first kappa shape index (κ1) is 19.0. The third-order valence-electron chi connectivity index (χ3n) is 5.09. The van der Waals surface area contributed by atoms with E-state index in [1.807, 2.05) is 0 Å². The van der Waals surface area contributed by atoms with Gasteiger partial charge < -0.3 is 15.0 Å². The Morgan fingerprint density at radius 1 is 1.42 bits per heavy atom. The molecule has 2 N–H and O–H groups in total. The van der Waals surface area contributed by atoms with Crippen molar-refractivity contribution in [3.63, 3.8) is 0 Å². The van der Waals surface area contributed by atoms with Gasteiger partial charge in [-0.05, 0) is 54.9 Å². The molecule has 2 atom stereocenters. The van der Waals surface area contributed by atoms with E-state index in [9.17, 15) is 4.79 Å². The molecule has 0 spiro atoms. The quantitative estimate of drug-likeness (QED) is 0.593. The van der Waals surface area contributed by atoms with Crippen molar-refractivity contribution in [1.29, 1.82) is 0 Å². The van der Waals surface area contributed by atoms with Crippen LogP contribution in [0.4, 0.5) is 0 Å². The second-order valence-electron chi connectivity index (χ2n) is 7.60. The maximum Gasteiger partial charge on any atom is 0.397 e. The van der Waals surface area contributed by atoms with Crippen LogP contribution < -0.4 is 5.73 Å². The van der Waals surface area contributed by atoms with Crippen molar-refractivity contribution in [2.75, 3.05) is 7.11 Å². The SMILES string of the molecule is COC(=O)c1nc(C(C)(C)CC2CCC(N)c3ccc(Br)cc3C2)no1. The highest BCUT2D eigenvalue weighted by atomic mass is 79.9. The average Bonchev–Trinajstić information content (AvgIpc) is 3.04. The van der Waals surface area contributed by atoms with Crippen LogP contribution in [0, 0.1) is 5.92 Å². The van der Waals surface area contributed by atoms with Gasteiger partial charge in [-0.15, -0.1) is 0 Å². The third-order valence-corrected chi connectivity index (χ3v) is 5.58.